The van der Waals surface area contributed by atoms with Gasteiger partial charge in [-0.3, -0.25) is 20.4 Å². The molecule has 0 unspecified atom stereocenters. The van der Waals surface area contributed by atoms with Gasteiger partial charge in [0.15, 0.2) is 0 Å². The van der Waals surface area contributed by atoms with Crippen molar-refractivity contribution >= 4 is 11.8 Å². The Bertz CT molecular complexity index is 185. The number of hydrogen-bond donors (Lipinski definition) is 3. The largest absolute Gasteiger partial charge is 0.320 e. The second kappa shape index (κ2) is 3.53. The van der Waals surface area contributed by atoms with Crippen LogP contribution in [0.15, 0.2) is 0 Å². The second-order valence-corrected chi connectivity index (χ2v) is 3.04. The highest BCUT2D eigenvalue weighted by Gasteiger charge is 2.29. The maximum absolute atomic E-state index is 11.0. The molecule has 1 atom stereocenters. The summed E-state index contributed by atoms with van der Waals surface area (Å²) in [7, 11) is 0. The number of nitrogens with one attached hydrogen (secondary N) is 2. The molecular formula is C7H13N3O2. The lowest BCUT2D eigenvalue weighted by Gasteiger charge is -2.07. The van der Waals surface area contributed by atoms with Crippen molar-refractivity contribution in [3.8, 4) is 0 Å². The summed E-state index contributed by atoms with van der Waals surface area (Å²) in [6.07, 6.45) is 1.83. The van der Waals surface area contributed by atoms with Crippen LogP contribution in [0.25, 0.3) is 0 Å². The first kappa shape index (κ1) is 8.99. The SMILES string of the molecule is C[C@@H](N)C(=O)NNC(=O)C1CC1. The molecule has 1 aliphatic carbocycles. The van der Waals surface area contributed by atoms with Gasteiger partial charge in [-0.1, -0.05) is 0 Å². The molecule has 1 fully saturated rings. The molecule has 0 aliphatic heterocycles. The first-order valence-corrected chi connectivity index (χ1v) is 3.96. The molecule has 2 amide bonds. The zero-order valence-corrected chi connectivity index (χ0v) is 6.96. The number of rotatable bonds is 2. The average molecular weight is 171 g/mol. The second-order valence-electron chi connectivity index (χ2n) is 3.04. The van der Waals surface area contributed by atoms with Crippen LogP contribution in [0.5, 0.6) is 0 Å². The van der Waals surface area contributed by atoms with Crippen molar-refractivity contribution in [3.05, 3.63) is 0 Å². The number of amides is 2. The first-order chi connectivity index (χ1) is 5.61. The third-order valence-corrected chi connectivity index (χ3v) is 1.67. The van der Waals surface area contributed by atoms with E-state index in [1.807, 2.05) is 0 Å². The molecule has 0 aromatic carbocycles. The number of hydrazine groups is 1. The third-order valence-electron chi connectivity index (χ3n) is 1.67. The van der Waals surface area contributed by atoms with Crippen LogP contribution in [0.3, 0.4) is 0 Å². The van der Waals surface area contributed by atoms with E-state index < -0.39 is 6.04 Å². The molecule has 0 saturated heterocycles. The predicted octanol–water partition coefficient (Wildman–Crippen LogP) is -1.11. The normalized spacial score (nSPS) is 18.2. The van der Waals surface area contributed by atoms with Crippen molar-refractivity contribution in [2.45, 2.75) is 25.8 Å². The first-order valence-electron chi connectivity index (χ1n) is 3.96. The number of carbonyl (C=O) groups is 2. The van der Waals surface area contributed by atoms with Gasteiger partial charge in [0.05, 0.1) is 6.04 Å². The molecule has 4 N–H and O–H groups in total. The van der Waals surface area contributed by atoms with E-state index in [2.05, 4.69) is 10.9 Å². The Hall–Kier alpha value is -1.10. The molecule has 0 heterocycles. The predicted molar refractivity (Wildman–Crippen MR) is 42.7 cm³/mol. The van der Waals surface area contributed by atoms with Crippen LogP contribution < -0.4 is 16.6 Å². The summed E-state index contributed by atoms with van der Waals surface area (Å²) < 4.78 is 0. The summed E-state index contributed by atoms with van der Waals surface area (Å²) in [5.41, 5.74) is 9.80. The Labute approximate surface area is 70.7 Å². The number of hydrogen-bond acceptors (Lipinski definition) is 3. The molecule has 5 heteroatoms. The highest BCUT2D eigenvalue weighted by Crippen LogP contribution is 2.28. The van der Waals surface area contributed by atoms with Crippen LogP contribution in [0, 0.1) is 5.92 Å². The lowest BCUT2D eigenvalue weighted by molar-refractivity contribution is -0.130. The molecular weight excluding hydrogens is 158 g/mol. The highest BCUT2D eigenvalue weighted by molar-refractivity contribution is 5.86. The molecule has 1 rings (SSSR count). The molecule has 12 heavy (non-hydrogen) atoms. The van der Waals surface area contributed by atoms with Gasteiger partial charge >= 0.3 is 0 Å². The van der Waals surface area contributed by atoms with Gasteiger partial charge in [0.25, 0.3) is 5.91 Å². The van der Waals surface area contributed by atoms with E-state index >= 15 is 0 Å². The zero-order chi connectivity index (χ0) is 9.14. The summed E-state index contributed by atoms with van der Waals surface area (Å²) in [5, 5.41) is 0. The van der Waals surface area contributed by atoms with Crippen molar-refractivity contribution in [2.24, 2.45) is 11.7 Å². The van der Waals surface area contributed by atoms with Crippen molar-refractivity contribution in [1.29, 1.82) is 0 Å². The molecule has 0 aromatic rings. The van der Waals surface area contributed by atoms with Crippen molar-refractivity contribution in [2.75, 3.05) is 0 Å². The summed E-state index contributed by atoms with van der Waals surface area (Å²) in [5.74, 6) is -0.397. The van der Waals surface area contributed by atoms with E-state index in [1.54, 1.807) is 6.92 Å². The summed E-state index contributed by atoms with van der Waals surface area (Å²) in [4.78, 5) is 21.8. The molecule has 0 bridgehead atoms. The molecule has 0 radical (unpaired) electrons. The highest BCUT2D eigenvalue weighted by atomic mass is 16.2. The van der Waals surface area contributed by atoms with Gasteiger partial charge in [-0.25, -0.2) is 0 Å². The zero-order valence-electron chi connectivity index (χ0n) is 6.96. The summed E-state index contributed by atoms with van der Waals surface area (Å²) in [6, 6.07) is -0.593. The smallest absolute Gasteiger partial charge is 0.254 e. The maximum atomic E-state index is 11.0. The fourth-order valence-electron chi connectivity index (χ4n) is 0.685. The van der Waals surface area contributed by atoms with Crippen molar-refractivity contribution in [3.63, 3.8) is 0 Å². The molecule has 1 aliphatic rings. The number of nitrogens with two attached hydrogens (primary N) is 1. The van der Waals surface area contributed by atoms with Crippen LogP contribution in [0.2, 0.25) is 0 Å². The van der Waals surface area contributed by atoms with Gasteiger partial charge in [-0.15, -0.1) is 0 Å². The van der Waals surface area contributed by atoms with Crippen molar-refractivity contribution in [1.82, 2.24) is 10.9 Å². The summed E-state index contributed by atoms with van der Waals surface area (Å²) >= 11 is 0. The molecule has 0 spiro atoms. The fourth-order valence-corrected chi connectivity index (χ4v) is 0.685. The average Bonchev–Trinajstić information content (AvgIpc) is 2.81. The minimum Gasteiger partial charge on any atom is -0.320 e. The van der Waals surface area contributed by atoms with Gasteiger partial charge in [-0.05, 0) is 19.8 Å². The lowest BCUT2D eigenvalue weighted by Crippen LogP contribution is -2.48. The fraction of sp³-hybridized carbons (Fsp3) is 0.714. The molecule has 1 saturated carbocycles. The van der Waals surface area contributed by atoms with Crippen LogP contribution >= 0.6 is 0 Å². The van der Waals surface area contributed by atoms with E-state index in [-0.39, 0.29) is 17.7 Å². The van der Waals surface area contributed by atoms with Gasteiger partial charge < -0.3 is 5.73 Å². The Morgan fingerprint density at radius 2 is 2.00 bits per heavy atom. The van der Waals surface area contributed by atoms with Crippen molar-refractivity contribution < 1.29 is 9.59 Å². The summed E-state index contributed by atoms with van der Waals surface area (Å²) in [6.45, 7) is 1.55. The van der Waals surface area contributed by atoms with Crippen LogP contribution in [0.1, 0.15) is 19.8 Å². The van der Waals surface area contributed by atoms with E-state index in [4.69, 9.17) is 5.73 Å². The van der Waals surface area contributed by atoms with E-state index in [1.165, 1.54) is 0 Å². The molecule has 68 valence electrons. The van der Waals surface area contributed by atoms with Crippen LogP contribution in [-0.4, -0.2) is 17.9 Å². The minimum absolute atomic E-state index is 0.0957. The Kier molecular flexibility index (Phi) is 2.65. The number of carbonyl (C=O) groups excluding carboxylic acids is 2. The quantitative estimate of drug-likeness (QED) is 0.461. The third kappa shape index (κ3) is 2.50. The van der Waals surface area contributed by atoms with Gasteiger partial charge in [0.2, 0.25) is 5.91 Å². The Balaban J connectivity index is 2.15. The molecule has 5 nitrogen and oxygen atoms in total. The molecule has 0 aromatic heterocycles. The maximum Gasteiger partial charge on any atom is 0.254 e. The minimum atomic E-state index is -0.593. The van der Waals surface area contributed by atoms with E-state index in [0.717, 1.165) is 12.8 Å². The lowest BCUT2D eigenvalue weighted by atomic mass is 10.3. The van der Waals surface area contributed by atoms with Gasteiger partial charge in [0.1, 0.15) is 0 Å². The topological polar surface area (TPSA) is 84.2 Å². The van der Waals surface area contributed by atoms with E-state index in [9.17, 15) is 9.59 Å². The van der Waals surface area contributed by atoms with Gasteiger partial charge in [-0.2, -0.15) is 0 Å². The standard InChI is InChI=1S/C7H13N3O2/c1-4(8)6(11)9-10-7(12)5-2-3-5/h4-5H,2-3,8H2,1H3,(H,9,11)(H,10,12)/t4-/m1/s1. The Morgan fingerprint density at radius 1 is 1.42 bits per heavy atom. The van der Waals surface area contributed by atoms with Crippen LogP contribution in [-0.2, 0) is 9.59 Å². The Morgan fingerprint density at radius 3 is 2.42 bits per heavy atom. The van der Waals surface area contributed by atoms with Gasteiger partial charge in [0, 0.05) is 5.92 Å². The monoisotopic (exact) mass is 171 g/mol. The van der Waals surface area contributed by atoms with Crippen LogP contribution in [0.4, 0.5) is 0 Å². The van der Waals surface area contributed by atoms with E-state index in [0.29, 0.717) is 0 Å².